The predicted molar refractivity (Wildman–Crippen MR) is 107 cm³/mol. The summed E-state index contributed by atoms with van der Waals surface area (Å²) in [5, 5.41) is 4.74. The van der Waals surface area contributed by atoms with Gasteiger partial charge in [0.05, 0.1) is 18.2 Å². The number of carbonyl (C=O) groups is 2. The van der Waals surface area contributed by atoms with Crippen LogP contribution in [0.1, 0.15) is 35.1 Å². The number of aryl methyl sites for hydroxylation is 1. The van der Waals surface area contributed by atoms with Crippen LogP contribution in [0.5, 0.6) is 0 Å². The van der Waals surface area contributed by atoms with E-state index in [2.05, 4.69) is 10.3 Å². The van der Waals surface area contributed by atoms with Crippen molar-refractivity contribution in [3.05, 3.63) is 28.1 Å². The Labute approximate surface area is 171 Å². The lowest BCUT2D eigenvalue weighted by molar-refractivity contribution is -0.120. The molecule has 28 heavy (non-hydrogen) atoms. The molecule has 11 heteroatoms. The van der Waals surface area contributed by atoms with Crippen molar-refractivity contribution >= 4 is 49.7 Å². The Balaban J connectivity index is 1.68. The van der Waals surface area contributed by atoms with E-state index in [1.807, 2.05) is 0 Å². The number of sulfonamides is 1. The number of thiazole rings is 1. The van der Waals surface area contributed by atoms with E-state index in [4.69, 9.17) is 4.74 Å². The number of anilines is 1. The second-order valence-electron chi connectivity index (χ2n) is 6.28. The molecule has 1 amide bonds. The molecule has 1 fully saturated rings. The van der Waals surface area contributed by atoms with Crippen LogP contribution in [0.4, 0.5) is 5.13 Å². The first-order chi connectivity index (χ1) is 13.3. The van der Waals surface area contributed by atoms with Gasteiger partial charge in [-0.15, -0.1) is 11.3 Å². The van der Waals surface area contributed by atoms with Gasteiger partial charge < -0.3 is 10.1 Å². The summed E-state index contributed by atoms with van der Waals surface area (Å²) >= 11 is 2.22. The maximum Gasteiger partial charge on any atom is 0.350 e. The SMILES string of the molecule is CCOC(=O)c1sc(NC(=O)C2CCCN(S(=O)(=O)c3cccs3)C2)nc1C. The number of esters is 1. The van der Waals surface area contributed by atoms with Crippen LogP contribution in [0.25, 0.3) is 0 Å². The van der Waals surface area contributed by atoms with E-state index < -0.39 is 21.9 Å². The zero-order valence-electron chi connectivity index (χ0n) is 15.5. The topological polar surface area (TPSA) is 106 Å². The minimum atomic E-state index is -3.58. The first-order valence-electron chi connectivity index (χ1n) is 8.82. The van der Waals surface area contributed by atoms with Crippen LogP contribution < -0.4 is 5.32 Å². The summed E-state index contributed by atoms with van der Waals surface area (Å²) in [5.41, 5.74) is 0.490. The van der Waals surface area contributed by atoms with Crippen LogP contribution in [0, 0.1) is 12.8 Å². The lowest BCUT2D eigenvalue weighted by Gasteiger charge is -2.30. The van der Waals surface area contributed by atoms with E-state index in [-0.39, 0.29) is 23.3 Å². The summed E-state index contributed by atoms with van der Waals surface area (Å²) in [6.07, 6.45) is 1.20. The molecule has 1 aliphatic heterocycles. The van der Waals surface area contributed by atoms with Gasteiger partial charge in [-0.3, -0.25) is 4.79 Å². The van der Waals surface area contributed by atoms with Crippen molar-refractivity contribution in [2.24, 2.45) is 5.92 Å². The number of hydrogen-bond donors (Lipinski definition) is 1. The van der Waals surface area contributed by atoms with Crippen molar-refractivity contribution in [3.63, 3.8) is 0 Å². The van der Waals surface area contributed by atoms with E-state index in [0.29, 0.717) is 35.1 Å². The van der Waals surface area contributed by atoms with Gasteiger partial charge in [-0.1, -0.05) is 17.4 Å². The smallest absolute Gasteiger partial charge is 0.350 e. The van der Waals surface area contributed by atoms with Crippen molar-refractivity contribution in [2.75, 3.05) is 25.0 Å². The Kier molecular flexibility index (Phi) is 6.48. The summed E-state index contributed by atoms with van der Waals surface area (Å²) < 4.78 is 32.0. The molecule has 152 valence electrons. The number of thiophene rings is 1. The fourth-order valence-electron chi connectivity index (χ4n) is 2.96. The average Bonchev–Trinajstić information content (AvgIpc) is 3.32. The average molecular weight is 444 g/mol. The number of piperidine rings is 1. The van der Waals surface area contributed by atoms with E-state index >= 15 is 0 Å². The molecular formula is C17H21N3O5S3. The molecule has 0 aliphatic carbocycles. The Bertz CT molecular complexity index is 953. The summed E-state index contributed by atoms with van der Waals surface area (Å²) in [7, 11) is -3.58. The number of nitrogens with zero attached hydrogens (tertiary/aromatic N) is 2. The third kappa shape index (κ3) is 4.43. The van der Waals surface area contributed by atoms with Crippen molar-refractivity contribution < 1.29 is 22.7 Å². The van der Waals surface area contributed by atoms with Gasteiger partial charge in [-0.2, -0.15) is 4.31 Å². The third-order valence-corrected chi connectivity index (χ3v) is 8.62. The number of nitrogens with one attached hydrogen (secondary N) is 1. The summed E-state index contributed by atoms with van der Waals surface area (Å²) in [6.45, 7) is 4.17. The summed E-state index contributed by atoms with van der Waals surface area (Å²) in [5.74, 6) is -1.24. The Hall–Kier alpha value is -1.82. The van der Waals surface area contributed by atoms with Gasteiger partial charge in [0.25, 0.3) is 10.0 Å². The molecule has 1 aliphatic rings. The minimum Gasteiger partial charge on any atom is -0.462 e. The van der Waals surface area contributed by atoms with Crippen molar-refractivity contribution in [2.45, 2.75) is 30.9 Å². The maximum atomic E-state index is 12.7. The molecule has 0 spiro atoms. The summed E-state index contributed by atoms with van der Waals surface area (Å²) in [4.78, 5) is 29.1. The Morgan fingerprint density at radius 2 is 2.21 bits per heavy atom. The highest BCUT2D eigenvalue weighted by molar-refractivity contribution is 7.91. The number of amides is 1. The highest BCUT2D eigenvalue weighted by atomic mass is 32.2. The molecule has 0 bridgehead atoms. The molecule has 0 aromatic carbocycles. The molecule has 0 saturated carbocycles. The number of rotatable bonds is 6. The molecular weight excluding hydrogens is 422 g/mol. The van der Waals surface area contributed by atoms with E-state index in [0.717, 1.165) is 22.7 Å². The first-order valence-corrected chi connectivity index (χ1v) is 12.0. The molecule has 1 unspecified atom stereocenters. The number of ether oxygens (including phenoxy) is 1. The number of carbonyl (C=O) groups excluding carboxylic acids is 2. The maximum absolute atomic E-state index is 12.7. The largest absolute Gasteiger partial charge is 0.462 e. The second-order valence-corrected chi connectivity index (χ2v) is 10.4. The van der Waals surface area contributed by atoms with Crippen LogP contribution in [0.3, 0.4) is 0 Å². The molecule has 1 saturated heterocycles. The molecule has 1 atom stereocenters. The number of aromatic nitrogens is 1. The van der Waals surface area contributed by atoms with Gasteiger partial charge in [0.2, 0.25) is 5.91 Å². The predicted octanol–water partition coefficient (Wildman–Crippen LogP) is 2.73. The highest BCUT2D eigenvalue weighted by Gasteiger charge is 2.34. The lowest BCUT2D eigenvalue weighted by Crippen LogP contribution is -2.43. The van der Waals surface area contributed by atoms with Gasteiger partial charge in [0.15, 0.2) is 5.13 Å². The van der Waals surface area contributed by atoms with E-state index in [9.17, 15) is 18.0 Å². The van der Waals surface area contributed by atoms with Crippen LogP contribution >= 0.6 is 22.7 Å². The van der Waals surface area contributed by atoms with Crippen molar-refractivity contribution in [1.82, 2.24) is 9.29 Å². The molecule has 1 N–H and O–H groups in total. The molecule has 8 nitrogen and oxygen atoms in total. The van der Waals surface area contributed by atoms with E-state index in [1.165, 1.54) is 4.31 Å². The van der Waals surface area contributed by atoms with Gasteiger partial charge in [0.1, 0.15) is 9.09 Å². The Morgan fingerprint density at radius 1 is 1.43 bits per heavy atom. The first kappa shape index (κ1) is 20.9. The minimum absolute atomic E-state index is 0.126. The van der Waals surface area contributed by atoms with Crippen LogP contribution in [0.15, 0.2) is 21.7 Å². The zero-order valence-corrected chi connectivity index (χ0v) is 18.0. The fraction of sp³-hybridized carbons (Fsp3) is 0.471. The van der Waals surface area contributed by atoms with Gasteiger partial charge in [0, 0.05) is 13.1 Å². The van der Waals surface area contributed by atoms with E-state index in [1.54, 1.807) is 31.4 Å². The molecule has 3 rings (SSSR count). The van der Waals surface area contributed by atoms with Gasteiger partial charge >= 0.3 is 5.97 Å². The molecule has 2 aromatic rings. The van der Waals surface area contributed by atoms with Crippen LogP contribution in [-0.2, 0) is 19.6 Å². The van der Waals surface area contributed by atoms with Crippen LogP contribution in [-0.4, -0.2) is 49.3 Å². The Morgan fingerprint density at radius 3 is 2.89 bits per heavy atom. The molecule has 2 aromatic heterocycles. The monoisotopic (exact) mass is 443 g/mol. The van der Waals surface area contributed by atoms with Crippen molar-refractivity contribution in [1.29, 1.82) is 0 Å². The molecule has 3 heterocycles. The number of hydrogen-bond acceptors (Lipinski definition) is 8. The summed E-state index contributed by atoms with van der Waals surface area (Å²) in [6, 6.07) is 3.26. The normalized spacial score (nSPS) is 18.0. The van der Waals surface area contributed by atoms with Crippen LogP contribution in [0.2, 0.25) is 0 Å². The zero-order chi connectivity index (χ0) is 20.3. The standard InChI is InChI=1S/C17H21N3O5S3/c1-3-25-16(22)14-11(2)18-17(27-14)19-15(21)12-6-4-8-20(10-12)28(23,24)13-7-5-9-26-13/h5,7,9,12H,3-4,6,8,10H2,1-2H3,(H,18,19,21). The molecule has 0 radical (unpaired) electrons. The fourth-order valence-corrected chi connectivity index (χ4v) is 6.49. The quantitative estimate of drug-likeness (QED) is 0.688. The highest BCUT2D eigenvalue weighted by Crippen LogP contribution is 2.28. The van der Waals surface area contributed by atoms with Crippen molar-refractivity contribution in [3.8, 4) is 0 Å². The third-order valence-electron chi connectivity index (χ3n) is 4.33. The van der Waals surface area contributed by atoms with Gasteiger partial charge in [-0.05, 0) is 38.1 Å². The van der Waals surface area contributed by atoms with Gasteiger partial charge in [-0.25, -0.2) is 18.2 Å². The lowest BCUT2D eigenvalue weighted by atomic mass is 9.99. The second kappa shape index (κ2) is 8.68.